The molecule has 2 aliphatic rings. The molecule has 2 aromatic rings. The topological polar surface area (TPSA) is 70.1 Å². The molecule has 7 heteroatoms. The first-order valence-electron chi connectivity index (χ1n) is 12.2. The zero-order chi connectivity index (χ0) is 25.7. The first-order chi connectivity index (χ1) is 16.4. The van der Waals surface area contributed by atoms with Crippen molar-refractivity contribution in [3.63, 3.8) is 0 Å². The predicted molar refractivity (Wildman–Crippen MR) is 133 cm³/mol. The Morgan fingerprint density at radius 3 is 2.14 bits per heavy atom. The lowest BCUT2D eigenvalue weighted by atomic mass is 9.83. The lowest BCUT2D eigenvalue weighted by Gasteiger charge is -2.29. The van der Waals surface area contributed by atoms with Crippen LogP contribution in [-0.2, 0) is 22.6 Å². The van der Waals surface area contributed by atoms with Gasteiger partial charge >= 0.3 is 12.0 Å². The molecule has 188 valence electrons. The van der Waals surface area contributed by atoms with Crippen molar-refractivity contribution < 1.29 is 23.8 Å². The smallest absolute Gasteiger partial charge is 0.337 e. The number of halogens is 1. The summed E-state index contributed by atoms with van der Waals surface area (Å²) in [6.45, 7) is 12.8. The van der Waals surface area contributed by atoms with Crippen LogP contribution in [0, 0.1) is 20.8 Å². The van der Waals surface area contributed by atoms with Crippen molar-refractivity contribution in [3.8, 4) is 11.1 Å². The number of aliphatic carboxylic acids is 1. The maximum Gasteiger partial charge on any atom is 0.337 e. The Kier molecular flexibility index (Phi) is 6.66. The van der Waals surface area contributed by atoms with Crippen LogP contribution in [0.2, 0.25) is 0 Å². The Bertz CT molecular complexity index is 1150. The van der Waals surface area contributed by atoms with Gasteiger partial charge < -0.3 is 19.6 Å². The predicted octanol–water partition coefficient (Wildman–Crippen LogP) is 5.70. The molecule has 1 N–H and O–H groups in total. The van der Waals surface area contributed by atoms with Crippen molar-refractivity contribution in [2.75, 3.05) is 13.1 Å². The van der Waals surface area contributed by atoms with Crippen molar-refractivity contribution in [1.82, 2.24) is 9.80 Å². The average Bonchev–Trinajstić information content (AvgIpc) is 3.41. The molecule has 2 amide bonds. The van der Waals surface area contributed by atoms with Crippen molar-refractivity contribution >= 4 is 12.0 Å². The number of carbonyl (C=O) groups is 2. The molecule has 0 unspecified atom stereocenters. The summed E-state index contributed by atoms with van der Waals surface area (Å²) in [6, 6.07) is 7.87. The molecule has 2 aliphatic heterocycles. The molecule has 35 heavy (non-hydrogen) atoms. The molecule has 0 saturated carbocycles. The second kappa shape index (κ2) is 9.26. The number of aryl methyl sites for hydroxylation is 1. The van der Waals surface area contributed by atoms with E-state index >= 15 is 0 Å². The van der Waals surface area contributed by atoms with Crippen LogP contribution in [-0.4, -0.2) is 51.8 Å². The van der Waals surface area contributed by atoms with Crippen LogP contribution in [0.25, 0.3) is 11.1 Å². The third kappa shape index (κ3) is 4.92. The highest BCUT2D eigenvalue weighted by Crippen LogP contribution is 2.44. The van der Waals surface area contributed by atoms with E-state index in [0.29, 0.717) is 31.6 Å². The van der Waals surface area contributed by atoms with E-state index < -0.39 is 23.8 Å². The van der Waals surface area contributed by atoms with Gasteiger partial charge in [0.2, 0.25) is 0 Å². The number of ether oxygens (including phenoxy) is 1. The summed E-state index contributed by atoms with van der Waals surface area (Å²) >= 11 is 0. The molecular formula is C28H35FN2O4. The zero-order valence-corrected chi connectivity index (χ0v) is 21.4. The minimum absolute atomic E-state index is 0.129. The van der Waals surface area contributed by atoms with E-state index in [2.05, 4.69) is 0 Å². The van der Waals surface area contributed by atoms with Gasteiger partial charge in [-0.15, -0.1) is 0 Å². The summed E-state index contributed by atoms with van der Waals surface area (Å²) in [6.07, 6.45) is -1.76. The van der Waals surface area contributed by atoms with E-state index in [-0.39, 0.29) is 12.6 Å². The number of carboxylic acids is 1. The molecule has 2 atom stereocenters. The standard InChI is InChI=1S/C28H35FN2O4/c1-16-7-9-19(10-8-16)23-17(2)21-14-31(27(34)30-12-11-20(29)13-30)15-22(21)18(3)24(23)25(26(32)33)35-28(4,5)6/h7-10,20,25H,11-15H2,1-6H3,(H,32,33)/t20-,25+/m1/s1. The van der Waals surface area contributed by atoms with Crippen LogP contribution >= 0.6 is 0 Å². The Morgan fingerprint density at radius 2 is 1.63 bits per heavy atom. The third-order valence-electron chi connectivity index (χ3n) is 6.99. The van der Waals surface area contributed by atoms with Gasteiger partial charge in [-0.1, -0.05) is 29.8 Å². The van der Waals surface area contributed by atoms with Crippen LogP contribution in [0.1, 0.15) is 66.7 Å². The number of urea groups is 1. The van der Waals surface area contributed by atoms with Gasteiger partial charge in [-0.25, -0.2) is 14.0 Å². The summed E-state index contributed by atoms with van der Waals surface area (Å²) in [4.78, 5) is 29.0. The van der Waals surface area contributed by atoms with Crippen molar-refractivity contribution in [2.24, 2.45) is 0 Å². The summed E-state index contributed by atoms with van der Waals surface area (Å²) in [5, 5.41) is 10.2. The van der Waals surface area contributed by atoms with Gasteiger partial charge in [0.05, 0.1) is 12.1 Å². The minimum atomic E-state index is -1.16. The number of carboxylic acid groups (broad SMARTS) is 1. The fraction of sp³-hybridized carbons (Fsp3) is 0.500. The molecule has 0 bridgehead atoms. The number of nitrogens with zero attached hydrogens (tertiary/aromatic N) is 2. The summed E-state index contributed by atoms with van der Waals surface area (Å²) in [7, 11) is 0. The molecule has 1 fully saturated rings. The number of fused-ring (bicyclic) bond motifs is 1. The van der Waals surface area contributed by atoms with Gasteiger partial charge in [-0.3, -0.25) is 0 Å². The molecule has 2 aromatic carbocycles. The summed E-state index contributed by atoms with van der Waals surface area (Å²) in [5.41, 5.74) is 6.61. The monoisotopic (exact) mass is 482 g/mol. The Morgan fingerprint density at radius 1 is 1.03 bits per heavy atom. The van der Waals surface area contributed by atoms with E-state index in [9.17, 15) is 19.1 Å². The van der Waals surface area contributed by atoms with Gasteiger partial charge in [0.1, 0.15) is 6.17 Å². The molecule has 0 aromatic heterocycles. The second-order valence-corrected chi connectivity index (χ2v) is 10.8. The van der Waals surface area contributed by atoms with E-state index in [1.165, 1.54) is 0 Å². The second-order valence-electron chi connectivity index (χ2n) is 10.8. The molecule has 1 saturated heterocycles. The lowest BCUT2D eigenvalue weighted by Crippen LogP contribution is -2.39. The average molecular weight is 483 g/mol. The van der Waals surface area contributed by atoms with Crippen LogP contribution < -0.4 is 0 Å². The first-order valence-corrected chi connectivity index (χ1v) is 12.2. The lowest BCUT2D eigenvalue weighted by molar-refractivity contribution is -0.160. The Labute approximate surface area is 206 Å². The number of benzene rings is 2. The summed E-state index contributed by atoms with van der Waals surface area (Å²) < 4.78 is 19.9. The number of rotatable bonds is 4. The zero-order valence-electron chi connectivity index (χ0n) is 21.4. The largest absolute Gasteiger partial charge is 0.479 e. The van der Waals surface area contributed by atoms with Gasteiger partial charge in [-0.2, -0.15) is 0 Å². The van der Waals surface area contributed by atoms with E-state index in [4.69, 9.17) is 4.74 Å². The quantitative estimate of drug-likeness (QED) is 0.607. The SMILES string of the molecule is Cc1ccc(-c2c(C)c3c(c(C)c2[C@H](OC(C)(C)C)C(=O)O)CN(C(=O)N2CC[C@@H](F)C2)C3)cc1. The van der Waals surface area contributed by atoms with E-state index in [1.54, 1.807) is 9.80 Å². The first kappa shape index (κ1) is 25.2. The minimum Gasteiger partial charge on any atom is -0.479 e. The van der Waals surface area contributed by atoms with E-state index in [0.717, 1.165) is 38.9 Å². The highest BCUT2D eigenvalue weighted by Gasteiger charge is 2.38. The van der Waals surface area contributed by atoms with Crippen molar-refractivity contribution in [1.29, 1.82) is 0 Å². The molecule has 0 radical (unpaired) electrons. The van der Waals surface area contributed by atoms with Crippen LogP contribution in [0.5, 0.6) is 0 Å². The van der Waals surface area contributed by atoms with Gasteiger partial charge in [0.25, 0.3) is 0 Å². The van der Waals surface area contributed by atoms with Gasteiger partial charge in [0.15, 0.2) is 6.10 Å². The highest BCUT2D eigenvalue weighted by molar-refractivity contribution is 5.85. The molecule has 6 nitrogen and oxygen atoms in total. The van der Waals surface area contributed by atoms with Crippen molar-refractivity contribution in [2.45, 2.75) is 78.9 Å². The third-order valence-corrected chi connectivity index (χ3v) is 6.99. The molecule has 4 rings (SSSR count). The normalized spacial score (nSPS) is 18.7. The number of likely N-dealkylation sites (tertiary alicyclic amines) is 1. The molecule has 0 spiro atoms. The maximum atomic E-state index is 13.8. The highest BCUT2D eigenvalue weighted by atomic mass is 19.1. The summed E-state index contributed by atoms with van der Waals surface area (Å²) in [5.74, 6) is -1.05. The van der Waals surface area contributed by atoms with Gasteiger partial charge in [0, 0.05) is 25.2 Å². The number of alkyl halides is 1. The maximum absolute atomic E-state index is 13.8. The van der Waals surface area contributed by atoms with Crippen LogP contribution in [0.15, 0.2) is 24.3 Å². The fourth-order valence-electron chi connectivity index (χ4n) is 5.25. The number of hydrogen-bond acceptors (Lipinski definition) is 3. The van der Waals surface area contributed by atoms with E-state index in [1.807, 2.05) is 65.8 Å². The van der Waals surface area contributed by atoms with Gasteiger partial charge in [-0.05, 0) is 81.3 Å². The molecule has 2 heterocycles. The van der Waals surface area contributed by atoms with Crippen LogP contribution in [0.4, 0.5) is 9.18 Å². The van der Waals surface area contributed by atoms with Crippen molar-refractivity contribution in [3.05, 3.63) is 57.6 Å². The Balaban J connectivity index is 1.85. The fourth-order valence-corrected chi connectivity index (χ4v) is 5.25. The van der Waals surface area contributed by atoms with Crippen LogP contribution in [0.3, 0.4) is 0 Å². The molecular weight excluding hydrogens is 447 g/mol. The number of carbonyl (C=O) groups excluding carboxylic acids is 1. The number of hydrogen-bond donors (Lipinski definition) is 1. The number of amides is 2. The molecule has 0 aliphatic carbocycles. The Hall–Kier alpha value is -2.93.